The lowest BCUT2D eigenvalue weighted by molar-refractivity contribution is -0.140. The Morgan fingerprint density at radius 1 is 1.10 bits per heavy atom. The van der Waals surface area contributed by atoms with E-state index in [9.17, 15) is 19.2 Å². The molecular formula is C28H34N6O5. The lowest BCUT2D eigenvalue weighted by Gasteiger charge is -2.29. The molecule has 0 saturated carbocycles. The van der Waals surface area contributed by atoms with Crippen molar-refractivity contribution in [3.8, 4) is 0 Å². The fourth-order valence-electron chi connectivity index (χ4n) is 4.52. The molecule has 206 valence electrons. The maximum absolute atomic E-state index is 13.7. The molecular weight excluding hydrogens is 500 g/mol. The Balaban J connectivity index is 1.46. The van der Waals surface area contributed by atoms with Crippen LogP contribution in [0.5, 0.6) is 0 Å². The van der Waals surface area contributed by atoms with E-state index in [1.807, 2.05) is 48.5 Å². The molecule has 0 radical (unpaired) electrons. The van der Waals surface area contributed by atoms with E-state index >= 15 is 0 Å². The first-order valence-corrected chi connectivity index (χ1v) is 12.9. The van der Waals surface area contributed by atoms with Gasteiger partial charge >= 0.3 is 6.09 Å². The largest absolute Gasteiger partial charge is 0.444 e. The highest BCUT2D eigenvalue weighted by Gasteiger charge is 2.41. The van der Waals surface area contributed by atoms with Gasteiger partial charge in [-0.3, -0.25) is 14.4 Å². The number of nitrogens with one attached hydrogen (secondary N) is 2. The van der Waals surface area contributed by atoms with Gasteiger partial charge in [0.05, 0.1) is 12.1 Å². The molecule has 3 aromatic rings. The molecule has 2 N–H and O–H groups in total. The van der Waals surface area contributed by atoms with Crippen molar-refractivity contribution in [3.05, 3.63) is 59.7 Å². The molecule has 2 aromatic carbocycles. The molecule has 11 heteroatoms. The molecule has 1 aromatic heterocycles. The predicted octanol–water partition coefficient (Wildman–Crippen LogP) is 2.28. The smallest absolute Gasteiger partial charge is 0.408 e. The molecule has 0 aliphatic carbocycles. The number of ketones is 1. The molecule has 1 aliphatic rings. The van der Waals surface area contributed by atoms with E-state index in [4.69, 9.17) is 4.74 Å². The molecule has 11 nitrogen and oxygen atoms in total. The number of aryl methyl sites for hydroxylation is 2. The van der Waals surface area contributed by atoms with Gasteiger partial charge in [0.15, 0.2) is 5.78 Å². The van der Waals surface area contributed by atoms with Crippen molar-refractivity contribution < 1.29 is 23.9 Å². The van der Waals surface area contributed by atoms with Gasteiger partial charge in [0, 0.05) is 20.0 Å². The number of ether oxygens (including phenoxy) is 1. The SMILES string of the molecule is Cn1nnc2cc(CNC(=O)[C@@H]3CC(=O)CN3C(=O)[C@@H](CCc3ccccc3)NC(=O)OC(C)(C)C)ccc21. The van der Waals surface area contributed by atoms with Gasteiger partial charge in [-0.05, 0) is 56.9 Å². The van der Waals surface area contributed by atoms with Crippen LogP contribution in [0.25, 0.3) is 11.0 Å². The van der Waals surface area contributed by atoms with E-state index in [1.54, 1.807) is 32.5 Å². The zero-order chi connectivity index (χ0) is 28.2. The van der Waals surface area contributed by atoms with E-state index < -0.39 is 35.6 Å². The minimum absolute atomic E-state index is 0.0847. The van der Waals surface area contributed by atoms with Crippen molar-refractivity contribution in [1.82, 2.24) is 30.5 Å². The topological polar surface area (TPSA) is 136 Å². The Kier molecular flexibility index (Phi) is 8.27. The summed E-state index contributed by atoms with van der Waals surface area (Å²) in [7, 11) is 1.80. The predicted molar refractivity (Wildman–Crippen MR) is 143 cm³/mol. The van der Waals surface area contributed by atoms with Crippen molar-refractivity contribution in [2.75, 3.05) is 6.54 Å². The normalized spacial score (nSPS) is 16.3. The number of fused-ring (bicyclic) bond motifs is 1. The molecule has 1 aliphatic heterocycles. The number of nitrogens with zero attached hydrogens (tertiary/aromatic N) is 4. The second-order valence-electron chi connectivity index (χ2n) is 10.7. The summed E-state index contributed by atoms with van der Waals surface area (Å²) in [6.07, 6.45) is -0.0335. The summed E-state index contributed by atoms with van der Waals surface area (Å²) in [5.74, 6) is -1.15. The summed E-state index contributed by atoms with van der Waals surface area (Å²) in [5.41, 5.74) is 2.62. The summed E-state index contributed by atoms with van der Waals surface area (Å²) in [6.45, 7) is 5.20. The summed E-state index contributed by atoms with van der Waals surface area (Å²) in [6, 6.07) is 13.2. The second kappa shape index (κ2) is 11.6. The third kappa shape index (κ3) is 7.18. The van der Waals surface area contributed by atoms with Crippen molar-refractivity contribution in [2.45, 2.75) is 64.3 Å². The molecule has 39 heavy (non-hydrogen) atoms. The van der Waals surface area contributed by atoms with Crippen LogP contribution in [0.1, 0.15) is 44.7 Å². The number of alkyl carbamates (subject to hydrolysis) is 1. The molecule has 0 spiro atoms. The van der Waals surface area contributed by atoms with E-state index in [1.165, 1.54) is 4.90 Å². The van der Waals surface area contributed by atoms with Crippen molar-refractivity contribution in [1.29, 1.82) is 0 Å². The molecule has 1 saturated heterocycles. The number of aromatic nitrogens is 3. The summed E-state index contributed by atoms with van der Waals surface area (Å²) in [4.78, 5) is 53.1. The zero-order valence-corrected chi connectivity index (χ0v) is 22.6. The summed E-state index contributed by atoms with van der Waals surface area (Å²) < 4.78 is 7.03. The number of hydrogen-bond acceptors (Lipinski definition) is 7. The van der Waals surface area contributed by atoms with Gasteiger partial charge in [-0.15, -0.1) is 5.10 Å². The van der Waals surface area contributed by atoms with Crippen LogP contribution in [0.4, 0.5) is 4.79 Å². The van der Waals surface area contributed by atoms with Crippen LogP contribution in [-0.4, -0.2) is 67.8 Å². The number of Topliss-reactive ketones (excluding diaryl/α,β-unsaturated/α-hetero) is 1. The number of hydrogen-bond donors (Lipinski definition) is 2. The van der Waals surface area contributed by atoms with Crippen molar-refractivity contribution in [3.63, 3.8) is 0 Å². The molecule has 1 fully saturated rings. The van der Waals surface area contributed by atoms with Gasteiger partial charge in [0.1, 0.15) is 23.2 Å². The Bertz CT molecular complexity index is 1360. The van der Waals surface area contributed by atoms with Crippen LogP contribution in [0, 0.1) is 0 Å². The Morgan fingerprint density at radius 3 is 2.56 bits per heavy atom. The molecule has 3 amide bonds. The van der Waals surface area contributed by atoms with Crippen LogP contribution in [0.2, 0.25) is 0 Å². The van der Waals surface area contributed by atoms with Gasteiger partial charge < -0.3 is 20.3 Å². The van der Waals surface area contributed by atoms with Crippen LogP contribution in [-0.2, 0) is 39.1 Å². The lowest BCUT2D eigenvalue weighted by atomic mass is 10.0. The highest BCUT2D eigenvalue weighted by atomic mass is 16.6. The van der Waals surface area contributed by atoms with Crippen LogP contribution < -0.4 is 10.6 Å². The lowest BCUT2D eigenvalue weighted by Crippen LogP contribution is -2.54. The fourth-order valence-corrected chi connectivity index (χ4v) is 4.52. The Hall–Kier alpha value is -4.28. The maximum Gasteiger partial charge on any atom is 0.408 e. The van der Waals surface area contributed by atoms with Gasteiger partial charge in [-0.25, -0.2) is 9.48 Å². The van der Waals surface area contributed by atoms with Crippen LogP contribution in [0.15, 0.2) is 48.5 Å². The average Bonchev–Trinajstić information content (AvgIpc) is 3.46. The number of benzene rings is 2. The first kappa shape index (κ1) is 27.7. The minimum atomic E-state index is -0.972. The zero-order valence-electron chi connectivity index (χ0n) is 22.6. The number of amides is 3. The van der Waals surface area contributed by atoms with E-state index in [2.05, 4.69) is 20.9 Å². The highest BCUT2D eigenvalue weighted by Crippen LogP contribution is 2.19. The van der Waals surface area contributed by atoms with Crippen molar-refractivity contribution >= 4 is 34.7 Å². The number of carbonyl (C=O) groups is 4. The maximum atomic E-state index is 13.7. The van der Waals surface area contributed by atoms with Crippen LogP contribution in [0.3, 0.4) is 0 Å². The molecule has 2 atom stereocenters. The third-order valence-corrected chi connectivity index (χ3v) is 6.43. The molecule has 2 heterocycles. The second-order valence-corrected chi connectivity index (χ2v) is 10.7. The molecule has 0 unspecified atom stereocenters. The first-order valence-electron chi connectivity index (χ1n) is 12.9. The van der Waals surface area contributed by atoms with Crippen LogP contribution >= 0.6 is 0 Å². The fraction of sp³-hybridized carbons (Fsp3) is 0.429. The Morgan fingerprint density at radius 2 is 1.85 bits per heavy atom. The monoisotopic (exact) mass is 534 g/mol. The average molecular weight is 535 g/mol. The number of carbonyl (C=O) groups excluding carboxylic acids is 4. The van der Waals surface area contributed by atoms with E-state index in [0.29, 0.717) is 11.9 Å². The number of likely N-dealkylation sites (tertiary alicyclic amines) is 1. The summed E-state index contributed by atoms with van der Waals surface area (Å²) in [5, 5.41) is 13.6. The number of rotatable bonds is 8. The summed E-state index contributed by atoms with van der Waals surface area (Å²) >= 11 is 0. The van der Waals surface area contributed by atoms with Crippen molar-refractivity contribution in [2.24, 2.45) is 7.05 Å². The standard InChI is InChI=1S/C28H34N6O5/c1-28(2,3)39-27(38)30-21(12-10-18-8-6-5-7-9-18)26(37)34-17-20(35)15-24(34)25(36)29-16-19-11-13-23-22(14-19)31-32-33(23)4/h5-9,11,13-14,21,24H,10,12,15-17H2,1-4H3,(H,29,36)(H,30,38)/t21-,24+/m1/s1. The van der Waals surface area contributed by atoms with Gasteiger partial charge in [-0.2, -0.15) is 0 Å². The highest BCUT2D eigenvalue weighted by molar-refractivity contribution is 6.00. The minimum Gasteiger partial charge on any atom is -0.444 e. The quantitative estimate of drug-likeness (QED) is 0.453. The van der Waals surface area contributed by atoms with E-state index in [-0.39, 0.29) is 31.7 Å². The van der Waals surface area contributed by atoms with E-state index in [0.717, 1.165) is 16.6 Å². The molecule has 4 rings (SSSR count). The molecule has 0 bridgehead atoms. The first-order chi connectivity index (χ1) is 18.5. The third-order valence-electron chi connectivity index (χ3n) is 6.43. The van der Waals surface area contributed by atoms with Gasteiger partial charge in [-0.1, -0.05) is 41.6 Å². The van der Waals surface area contributed by atoms with Gasteiger partial charge in [0.25, 0.3) is 0 Å². The Labute approximate surface area is 226 Å². The van der Waals surface area contributed by atoms with Gasteiger partial charge in [0.2, 0.25) is 11.8 Å².